The fourth-order valence-electron chi connectivity index (χ4n) is 4.47. The van der Waals surface area contributed by atoms with Gasteiger partial charge in [0.05, 0.1) is 24.8 Å². The van der Waals surface area contributed by atoms with Crippen molar-refractivity contribution in [1.82, 2.24) is 10.2 Å². The van der Waals surface area contributed by atoms with Gasteiger partial charge in [-0.05, 0) is 57.0 Å². The van der Waals surface area contributed by atoms with E-state index in [-0.39, 0.29) is 23.0 Å². The van der Waals surface area contributed by atoms with E-state index in [2.05, 4.69) is 5.32 Å². The molecule has 0 saturated heterocycles. The first-order valence-corrected chi connectivity index (χ1v) is 15.4. The molecule has 9 nitrogen and oxygen atoms in total. The highest BCUT2D eigenvalue weighted by Crippen LogP contribution is 2.34. The number of sulfonamides is 1. The van der Waals surface area contributed by atoms with Crippen molar-refractivity contribution in [3.05, 3.63) is 83.4 Å². The largest absolute Gasteiger partial charge is 0.493 e. The summed E-state index contributed by atoms with van der Waals surface area (Å²) in [7, 11) is -1.26. The molecule has 10 heteroatoms. The smallest absolute Gasteiger partial charge is 0.264 e. The molecule has 0 spiro atoms. The maximum Gasteiger partial charge on any atom is 0.264 e. The molecular formula is C32H41N3O6S. The van der Waals surface area contributed by atoms with Crippen molar-refractivity contribution in [2.75, 3.05) is 31.6 Å². The predicted molar refractivity (Wildman–Crippen MR) is 164 cm³/mol. The molecule has 3 aromatic rings. The van der Waals surface area contributed by atoms with Crippen LogP contribution in [-0.4, -0.2) is 58.5 Å². The van der Waals surface area contributed by atoms with Crippen LogP contribution in [0.2, 0.25) is 0 Å². The number of rotatable bonds is 14. The van der Waals surface area contributed by atoms with Gasteiger partial charge in [-0.3, -0.25) is 13.9 Å². The Hall–Kier alpha value is -4.05. The average Bonchev–Trinajstić information content (AvgIpc) is 2.98. The Kier molecular flexibility index (Phi) is 11.4. The van der Waals surface area contributed by atoms with Crippen LogP contribution in [0.4, 0.5) is 5.69 Å². The van der Waals surface area contributed by atoms with E-state index in [0.717, 1.165) is 33.8 Å². The van der Waals surface area contributed by atoms with Crippen molar-refractivity contribution < 1.29 is 27.5 Å². The summed E-state index contributed by atoms with van der Waals surface area (Å²) < 4.78 is 39.9. The summed E-state index contributed by atoms with van der Waals surface area (Å²) in [6, 6.07) is 17.9. The number of anilines is 1. The van der Waals surface area contributed by atoms with Gasteiger partial charge in [0.25, 0.3) is 10.0 Å². The van der Waals surface area contributed by atoms with E-state index < -0.39 is 28.5 Å². The SMILES string of the molecule is CCCCNC(=O)C(C)N(Cc1cccc(C)c1)C(=O)CN(c1ccc(OC)c(OC)c1)S(=O)(=O)c1ccc(C)cc1. The molecule has 0 fully saturated rings. The minimum Gasteiger partial charge on any atom is -0.493 e. The summed E-state index contributed by atoms with van der Waals surface area (Å²) >= 11 is 0. The van der Waals surface area contributed by atoms with Crippen LogP contribution in [-0.2, 0) is 26.2 Å². The highest BCUT2D eigenvalue weighted by Gasteiger charge is 2.33. The van der Waals surface area contributed by atoms with E-state index in [0.29, 0.717) is 18.0 Å². The standard InChI is InChI=1S/C32H41N3O6S/c1-7-8-18-33-32(37)25(4)34(21-26-11-9-10-24(3)19-26)31(36)22-35(27-14-17-29(40-5)30(20-27)41-6)42(38,39)28-15-12-23(2)13-16-28/h9-17,19-20,25H,7-8,18,21-22H2,1-6H3,(H,33,37). The van der Waals surface area contributed by atoms with Gasteiger partial charge in [0.15, 0.2) is 11.5 Å². The van der Waals surface area contributed by atoms with Crippen molar-refractivity contribution in [3.8, 4) is 11.5 Å². The molecule has 0 aliphatic heterocycles. The van der Waals surface area contributed by atoms with Crippen LogP contribution in [0.1, 0.15) is 43.4 Å². The van der Waals surface area contributed by atoms with E-state index in [1.54, 1.807) is 31.2 Å². The molecule has 0 heterocycles. The molecule has 2 amide bonds. The Bertz CT molecular complexity index is 1470. The summed E-state index contributed by atoms with van der Waals surface area (Å²) in [4.78, 5) is 28.7. The molecule has 1 N–H and O–H groups in total. The molecule has 1 unspecified atom stereocenters. The zero-order valence-corrected chi connectivity index (χ0v) is 26.0. The molecule has 3 aromatic carbocycles. The number of unbranched alkanes of at least 4 members (excludes halogenated alkanes) is 1. The van der Waals surface area contributed by atoms with Gasteiger partial charge >= 0.3 is 0 Å². The van der Waals surface area contributed by atoms with Crippen molar-refractivity contribution >= 4 is 27.5 Å². The van der Waals surface area contributed by atoms with E-state index in [4.69, 9.17) is 9.47 Å². The lowest BCUT2D eigenvalue weighted by Gasteiger charge is -2.32. The molecule has 3 rings (SSSR count). The third-order valence-corrected chi connectivity index (χ3v) is 8.76. The maximum atomic E-state index is 14.1. The minimum absolute atomic E-state index is 0.0336. The number of methoxy groups -OCH3 is 2. The first kappa shape index (κ1) is 32.5. The van der Waals surface area contributed by atoms with Gasteiger partial charge in [0, 0.05) is 19.2 Å². The van der Waals surface area contributed by atoms with Gasteiger partial charge in [-0.1, -0.05) is 60.9 Å². The lowest BCUT2D eigenvalue weighted by Crippen LogP contribution is -2.51. The Labute approximate surface area is 249 Å². The number of nitrogens with one attached hydrogen (secondary N) is 1. The van der Waals surface area contributed by atoms with E-state index in [1.165, 1.54) is 37.3 Å². The maximum absolute atomic E-state index is 14.1. The number of nitrogens with zero attached hydrogens (tertiary/aromatic N) is 2. The van der Waals surface area contributed by atoms with Gasteiger partial charge in [-0.15, -0.1) is 0 Å². The topological polar surface area (TPSA) is 105 Å². The molecule has 0 bridgehead atoms. The van der Waals surface area contributed by atoms with Crippen molar-refractivity contribution in [2.45, 2.75) is 58.0 Å². The normalized spacial score (nSPS) is 11.9. The summed E-state index contributed by atoms with van der Waals surface area (Å²) in [5, 5.41) is 2.89. The second kappa shape index (κ2) is 14.7. The number of carbonyl (C=O) groups excluding carboxylic acids is 2. The number of amides is 2. The number of ether oxygens (including phenoxy) is 2. The van der Waals surface area contributed by atoms with Gasteiger partial charge in [0.2, 0.25) is 11.8 Å². The second-order valence-electron chi connectivity index (χ2n) is 10.2. The lowest BCUT2D eigenvalue weighted by atomic mass is 10.1. The van der Waals surface area contributed by atoms with Crippen LogP contribution in [0.3, 0.4) is 0 Å². The first-order chi connectivity index (χ1) is 20.0. The highest BCUT2D eigenvalue weighted by molar-refractivity contribution is 7.92. The second-order valence-corrected chi connectivity index (χ2v) is 12.1. The number of benzene rings is 3. The monoisotopic (exact) mass is 595 g/mol. The van der Waals surface area contributed by atoms with Crippen molar-refractivity contribution in [3.63, 3.8) is 0 Å². The molecule has 1 atom stereocenters. The van der Waals surface area contributed by atoms with Crippen molar-refractivity contribution in [1.29, 1.82) is 0 Å². The number of aryl methyl sites for hydroxylation is 2. The Morgan fingerprint density at radius 2 is 1.60 bits per heavy atom. The summed E-state index contributed by atoms with van der Waals surface area (Å²) in [5.74, 6) is -0.103. The number of hydrogen-bond acceptors (Lipinski definition) is 6. The van der Waals surface area contributed by atoms with Crippen LogP contribution in [0.5, 0.6) is 11.5 Å². The Morgan fingerprint density at radius 3 is 2.21 bits per heavy atom. The summed E-state index contributed by atoms with van der Waals surface area (Å²) in [5.41, 5.74) is 2.96. The zero-order valence-electron chi connectivity index (χ0n) is 25.2. The third-order valence-electron chi connectivity index (χ3n) is 6.98. The zero-order chi connectivity index (χ0) is 30.9. The van der Waals surface area contributed by atoms with Gasteiger partial charge in [-0.2, -0.15) is 0 Å². The molecule has 0 aliphatic carbocycles. The van der Waals surface area contributed by atoms with E-state index >= 15 is 0 Å². The fourth-order valence-corrected chi connectivity index (χ4v) is 5.88. The van der Waals surface area contributed by atoms with Crippen molar-refractivity contribution in [2.24, 2.45) is 0 Å². The molecule has 0 aliphatic rings. The quantitative estimate of drug-likeness (QED) is 0.267. The van der Waals surface area contributed by atoms with Gasteiger partial charge in [-0.25, -0.2) is 8.42 Å². The lowest BCUT2D eigenvalue weighted by molar-refractivity contribution is -0.139. The Balaban J connectivity index is 2.06. The average molecular weight is 596 g/mol. The molecule has 0 radical (unpaired) electrons. The van der Waals surface area contributed by atoms with Crippen LogP contribution in [0.15, 0.2) is 71.6 Å². The first-order valence-electron chi connectivity index (χ1n) is 14.0. The number of hydrogen-bond donors (Lipinski definition) is 1. The fraction of sp³-hybridized carbons (Fsp3) is 0.375. The van der Waals surface area contributed by atoms with Gasteiger partial charge < -0.3 is 19.7 Å². The van der Waals surface area contributed by atoms with E-state index in [1.807, 2.05) is 45.0 Å². The summed E-state index contributed by atoms with van der Waals surface area (Å²) in [6.45, 7) is 7.58. The molecule has 226 valence electrons. The predicted octanol–water partition coefficient (Wildman–Crippen LogP) is 4.85. The highest BCUT2D eigenvalue weighted by atomic mass is 32.2. The Morgan fingerprint density at radius 1 is 0.905 bits per heavy atom. The molecule has 0 aromatic heterocycles. The van der Waals surface area contributed by atoms with Crippen LogP contribution in [0.25, 0.3) is 0 Å². The van der Waals surface area contributed by atoms with Gasteiger partial charge in [0.1, 0.15) is 12.6 Å². The molecule has 0 saturated carbocycles. The van der Waals surface area contributed by atoms with Crippen LogP contribution in [0, 0.1) is 13.8 Å². The summed E-state index contributed by atoms with van der Waals surface area (Å²) in [6.07, 6.45) is 1.73. The van der Waals surface area contributed by atoms with Crippen LogP contribution >= 0.6 is 0 Å². The molecular weight excluding hydrogens is 554 g/mol. The van der Waals surface area contributed by atoms with E-state index in [9.17, 15) is 18.0 Å². The minimum atomic E-state index is -4.20. The number of carbonyl (C=O) groups is 2. The third kappa shape index (κ3) is 8.03. The molecule has 42 heavy (non-hydrogen) atoms. The van der Waals surface area contributed by atoms with Crippen LogP contribution < -0.4 is 19.1 Å².